The summed E-state index contributed by atoms with van der Waals surface area (Å²) in [6.45, 7) is 5.26. The maximum Gasteiger partial charge on any atom is 0.573 e. The Bertz CT molecular complexity index is 1590. The summed E-state index contributed by atoms with van der Waals surface area (Å²) in [6.07, 6.45) is -2.91. The molecule has 0 N–H and O–H groups in total. The van der Waals surface area contributed by atoms with Gasteiger partial charge in [-0.3, -0.25) is 9.47 Å². The van der Waals surface area contributed by atoms with Gasteiger partial charge in [0.2, 0.25) is 0 Å². The van der Waals surface area contributed by atoms with E-state index in [0.29, 0.717) is 31.1 Å². The van der Waals surface area contributed by atoms with Gasteiger partial charge < -0.3 is 34.0 Å². The molecule has 0 radical (unpaired) electrons. The van der Waals surface area contributed by atoms with Gasteiger partial charge in [0.25, 0.3) is 0 Å². The van der Waals surface area contributed by atoms with Crippen molar-refractivity contribution in [3.8, 4) is 29.0 Å². The van der Waals surface area contributed by atoms with E-state index in [-0.39, 0.29) is 23.7 Å². The van der Waals surface area contributed by atoms with Crippen molar-refractivity contribution in [2.45, 2.75) is 32.0 Å². The molecule has 236 valence electrons. The molecule has 6 rings (SSSR count). The third-order valence-corrected chi connectivity index (χ3v) is 7.51. The normalized spacial score (nSPS) is 16.9. The van der Waals surface area contributed by atoms with Gasteiger partial charge in [-0.15, -0.1) is 13.2 Å². The zero-order valence-corrected chi connectivity index (χ0v) is 24.1. The number of hydrogen-bond acceptors (Lipinski definition) is 9. The third-order valence-electron chi connectivity index (χ3n) is 7.51. The van der Waals surface area contributed by atoms with Crippen LogP contribution >= 0.6 is 0 Å². The topological polar surface area (TPSA) is 104 Å². The van der Waals surface area contributed by atoms with Crippen LogP contribution in [-0.2, 0) is 13.1 Å². The number of ether oxygens (including phenoxy) is 4. The quantitative estimate of drug-likeness (QED) is 0.154. The van der Waals surface area contributed by atoms with E-state index in [1.807, 2.05) is 36.4 Å². The Morgan fingerprint density at radius 3 is 2.13 bits per heavy atom. The summed E-state index contributed by atoms with van der Waals surface area (Å²) in [4.78, 5) is 19.0. The molecule has 0 spiro atoms. The minimum Gasteiger partial charge on any atom is -0.490 e. The van der Waals surface area contributed by atoms with Crippen molar-refractivity contribution in [1.29, 1.82) is 0 Å². The Balaban J connectivity index is 0.924. The fourth-order valence-corrected chi connectivity index (χ4v) is 5.21. The van der Waals surface area contributed by atoms with Gasteiger partial charge in [-0.05, 0) is 71.2 Å². The first kappa shape index (κ1) is 30.1. The van der Waals surface area contributed by atoms with Crippen molar-refractivity contribution in [3.05, 3.63) is 94.7 Å². The van der Waals surface area contributed by atoms with Crippen LogP contribution in [0.5, 0.6) is 29.0 Å². The maximum absolute atomic E-state index is 12.4. The largest absolute Gasteiger partial charge is 0.573 e. The lowest BCUT2D eigenvalue weighted by Gasteiger charge is -2.36. The van der Waals surface area contributed by atoms with Gasteiger partial charge in [-0.2, -0.15) is 0 Å². The molecule has 3 aromatic carbocycles. The highest BCUT2D eigenvalue weighted by atomic mass is 19.4. The fraction of sp³-hybridized carbons (Fsp3) is 0.323. The lowest BCUT2D eigenvalue weighted by molar-refractivity contribution is -0.389. The molecule has 0 unspecified atom stereocenters. The van der Waals surface area contributed by atoms with E-state index in [4.69, 9.17) is 14.2 Å². The average Bonchev–Trinajstić information content (AvgIpc) is 3.46. The molecule has 2 aliphatic rings. The van der Waals surface area contributed by atoms with E-state index >= 15 is 0 Å². The second kappa shape index (κ2) is 12.9. The number of fused-ring (bicyclic) bond motifs is 1. The predicted molar refractivity (Wildman–Crippen MR) is 157 cm³/mol. The van der Waals surface area contributed by atoms with Crippen LogP contribution in [0.25, 0.3) is 0 Å². The number of anilines is 1. The van der Waals surface area contributed by atoms with Crippen molar-refractivity contribution < 1.29 is 37.0 Å². The molecule has 0 saturated carbocycles. The number of aryl methyl sites for hydroxylation is 1. The summed E-state index contributed by atoms with van der Waals surface area (Å²) in [5.74, 6) is 1.20. The van der Waals surface area contributed by atoms with E-state index in [1.165, 1.54) is 36.0 Å². The summed E-state index contributed by atoms with van der Waals surface area (Å²) in [7, 11) is 0. The second-order valence-corrected chi connectivity index (χ2v) is 10.7. The number of aromatic nitrogens is 2. The fourth-order valence-electron chi connectivity index (χ4n) is 5.21. The van der Waals surface area contributed by atoms with Crippen LogP contribution in [0.1, 0.15) is 12.0 Å². The van der Waals surface area contributed by atoms with E-state index in [1.54, 1.807) is 4.57 Å². The molecule has 4 aromatic rings. The standard InChI is InChI=1S/C31H30F3N5O6/c32-31(33,34)45-27-11-9-26(10-12-27)43-25-7-3-23(4-8-25)37-17-15-36(16-18-37)19-22-1-5-24(6-2-22)42-21-28-13-14-38-20-29(39(40)41)35-30(38)44-28/h1-12,20,28H,13-19,21H2/t28-/m1/s1. The highest BCUT2D eigenvalue weighted by Gasteiger charge is 2.31. The Labute approximate surface area is 256 Å². The zero-order valence-electron chi connectivity index (χ0n) is 24.1. The molecule has 14 heteroatoms. The van der Waals surface area contributed by atoms with Crippen molar-refractivity contribution >= 4 is 11.5 Å². The number of benzene rings is 3. The average molecular weight is 626 g/mol. The summed E-state index contributed by atoms with van der Waals surface area (Å²) in [5.41, 5.74) is 2.25. The van der Waals surface area contributed by atoms with Crippen molar-refractivity contribution in [2.24, 2.45) is 0 Å². The first-order chi connectivity index (χ1) is 21.7. The van der Waals surface area contributed by atoms with Crippen LogP contribution in [0, 0.1) is 10.1 Å². The highest BCUT2D eigenvalue weighted by Crippen LogP contribution is 2.29. The van der Waals surface area contributed by atoms with Crippen molar-refractivity contribution in [3.63, 3.8) is 0 Å². The van der Waals surface area contributed by atoms with Crippen molar-refractivity contribution in [2.75, 3.05) is 37.7 Å². The Hall–Kier alpha value is -4.98. The third kappa shape index (κ3) is 7.95. The molecule has 2 aliphatic heterocycles. The molecule has 1 saturated heterocycles. The Kier molecular flexibility index (Phi) is 8.65. The van der Waals surface area contributed by atoms with Gasteiger partial charge in [-0.25, -0.2) is 0 Å². The summed E-state index contributed by atoms with van der Waals surface area (Å²) in [6, 6.07) is 21.1. The molecular formula is C31H30F3N5O6. The number of piperazine rings is 1. The predicted octanol–water partition coefficient (Wildman–Crippen LogP) is 6.03. The minimum atomic E-state index is -4.73. The van der Waals surface area contributed by atoms with Crippen LogP contribution in [0.4, 0.5) is 24.7 Å². The molecule has 1 atom stereocenters. The molecular weight excluding hydrogens is 595 g/mol. The smallest absolute Gasteiger partial charge is 0.490 e. The van der Waals surface area contributed by atoms with Crippen molar-refractivity contribution in [1.82, 2.24) is 14.5 Å². The zero-order chi connectivity index (χ0) is 31.4. The molecule has 0 amide bonds. The lowest BCUT2D eigenvalue weighted by atomic mass is 10.1. The van der Waals surface area contributed by atoms with Gasteiger partial charge in [0, 0.05) is 56.4 Å². The van der Waals surface area contributed by atoms with Crippen LogP contribution in [0.15, 0.2) is 79.0 Å². The molecule has 0 aliphatic carbocycles. The van der Waals surface area contributed by atoms with Gasteiger partial charge in [0.1, 0.15) is 41.9 Å². The van der Waals surface area contributed by atoms with E-state index in [2.05, 4.69) is 31.7 Å². The van der Waals surface area contributed by atoms with Crippen LogP contribution in [0.2, 0.25) is 0 Å². The number of imidazole rings is 1. The number of rotatable bonds is 10. The van der Waals surface area contributed by atoms with Gasteiger partial charge in [0.05, 0.1) is 0 Å². The molecule has 1 aromatic heterocycles. The van der Waals surface area contributed by atoms with Gasteiger partial charge in [-0.1, -0.05) is 12.1 Å². The number of halogens is 3. The molecule has 11 nitrogen and oxygen atoms in total. The minimum absolute atomic E-state index is 0.223. The first-order valence-corrected chi connectivity index (χ1v) is 14.4. The van der Waals surface area contributed by atoms with E-state index in [0.717, 1.165) is 44.2 Å². The lowest BCUT2D eigenvalue weighted by Crippen LogP contribution is -2.45. The van der Waals surface area contributed by atoms with Gasteiger partial charge >= 0.3 is 18.2 Å². The summed E-state index contributed by atoms with van der Waals surface area (Å²) >= 11 is 0. The summed E-state index contributed by atoms with van der Waals surface area (Å²) < 4.78 is 60.0. The van der Waals surface area contributed by atoms with Crippen LogP contribution in [-0.4, -0.2) is 64.6 Å². The van der Waals surface area contributed by atoms with Crippen LogP contribution < -0.4 is 23.8 Å². The SMILES string of the molecule is O=[N+]([O-])c1cn2c(n1)O[C@@H](COc1ccc(CN3CCN(c4ccc(Oc5ccc(OC(F)(F)F)cc5)cc4)CC3)cc1)CC2. The number of nitrogens with zero attached hydrogens (tertiary/aromatic N) is 5. The monoisotopic (exact) mass is 625 g/mol. The highest BCUT2D eigenvalue weighted by molar-refractivity contribution is 5.50. The second-order valence-electron chi connectivity index (χ2n) is 10.7. The maximum atomic E-state index is 12.4. The molecule has 0 bridgehead atoms. The number of nitro groups is 1. The Morgan fingerprint density at radius 1 is 0.867 bits per heavy atom. The number of alkyl halides is 3. The number of hydrogen-bond donors (Lipinski definition) is 0. The van der Waals surface area contributed by atoms with E-state index in [9.17, 15) is 23.3 Å². The molecule has 45 heavy (non-hydrogen) atoms. The summed E-state index contributed by atoms with van der Waals surface area (Å²) in [5, 5.41) is 10.9. The Morgan fingerprint density at radius 2 is 1.49 bits per heavy atom. The van der Waals surface area contributed by atoms with Crippen LogP contribution in [0.3, 0.4) is 0 Å². The first-order valence-electron chi connectivity index (χ1n) is 14.4. The molecule has 3 heterocycles. The van der Waals surface area contributed by atoms with E-state index < -0.39 is 11.3 Å². The van der Waals surface area contributed by atoms with Gasteiger partial charge in [0.15, 0.2) is 0 Å². The molecule has 1 fully saturated rings.